The third kappa shape index (κ3) is 5.55. The van der Waals surface area contributed by atoms with E-state index in [1.807, 2.05) is 20.8 Å². The van der Waals surface area contributed by atoms with E-state index >= 15 is 0 Å². The molecule has 2 rings (SSSR count). The van der Waals surface area contributed by atoms with Gasteiger partial charge in [0.15, 0.2) is 0 Å². The van der Waals surface area contributed by atoms with Crippen LogP contribution in [-0.2, 0) is 14.3 Å². The Hall–Kier alpha value is -1.88. The van der Waals surface area contributed by atoms with Crippen molar-refractivity contribution in [1.82, 2.24) is 0 Å². The van der Waals surface area contributed by atoms with Crippen LogP contribution in [0, 0.1) is 5.92 Å². The highest BCUT2D eigenvalue weighted by atomic mass is 16.5. The fourth-order valence-corrected chi connectivity index (χ4v) is 1.71. The van der Waals surface area contributed by atoms with Crippen LogP contribution >= 0.6 is 0 Å². The minimum Gasteiger partial charge on any atom is -0.366 e. The Kier molecular flexibility index (Phi) is 4.63. The van der Waals surface area contributed by atoms with E-state index in [9.17, 15) is 9.59 Å². The number of nitrogens with one attached hydrogen (secondary N) is 2. The molecule has 0 aromatic heterocycles. The van der Waals surface area contributed by atoms with Gasteiger partial charge in [0.1, 0.15) is 6.61 Å². The van der Waals surface area contributed by atoms with Crippen LogP contribution in [0.5, 0.6) is 0 Å². The number of rotatable bonds is 5. The van der Waals surface area contributed by atoms with Gasteiger partial charge in [-0.3, -0.25) is 9.59 Å². The van der Waals surface area contributed by atoms with E-state index in [2.05, 4.69) is 10.6 Å². The Balaban J connectivity index is 1.81. The first-order chi connectivity index (χ1) is 9.83. The van der Waals surface area contributed by atoms with Crippen molar-refractivity contribution in [2.45, 2.75) is 39.2 Å². The van der Waals surface area contributed by atoms with Crippen molar-refractivity contribution < 1.29 is 14.3 Å². The zero-order chi connectivity index (χ0) is 15.5. The lowest BCUT2D eigenvalue weighted by Crippen LogP contribution is -2.27. The largest absolute Gasteiger partial charge is 0.366 e. The number of carbonyl (C=O) groups excluding carboxylic acids is 2. The van der Waals surface area contributed by atoms with Gasteiger partial charge in [-0.25, -0.2) is 0 Å². The Bertz CT molecular complexity index is 513. The zero-order valence-electron chi connectivity index (χ0n) is 12.7. The second-order valence-electron chi connectivity index (χ2n) is 6.29. The predicted molar refractivity (Wildman–Crippen MR) is 82.1 cm³/mol. The number of hydrogen-bond acceptors (Lipinski definition) is 3. The molecule has 2 amide bonds. The third-order valence-electron chi connectivity index (χ3n) is 3.02. The van der Waals surface area contributed by atoms with Gasteiger partial charge < -0.3 is 15.4 Å². The average Bonchev–Trinajstić information content (AvgIpc) is 3.22. The molecular weight excluding hydrogens is 268 g/mol. The van der Waals surface area contributed by atoms with E-state index < -0.39 is 0 Å². The molecule has 0 unspecified atom stereocenters. The van der Waals surface area contributed by atoms with Gasteiger partial charge in [-0.15, -0.1) is 0 Å². The first kappa shape index (κ1) is 15.5. The molecule has 1 aromatic carbocycles. The lowest BCUT2D eigenvalue weighted by Gasteiger charge is -2.19. The van der Waals surface area contributed by atoms with Gasteiger partial charge in [0.2, 0.25) is 11.8 Å². The van der Waals surface area contributed by atoms with Crippen LogP contribution in [0.15, 0.2) is 24.3 Å². The molecule has 1 aliphatic rings. The molecule has 0 saturated heterocycles. The monoisotopic (exact) mass is 290 g/mol. The van der Waals surface area contributed by atoms with Gasteiger partial charge in [-0.1, -0.05) is 0 Å². The quantitative estimate of drug-likeness (QED) is 0.876. The molecule has 0 atom stereocenters. The summed E-state index contributed by atoms with van der Waals surface area (Å²) in [5.74, 6) is 0.0592. The van der Waals surface area contributed by atoms with Crippen LogP contribution in [0.2, 0.25) is 0 Å². The van der Waals surface area contributed by atoms with E-state index in [1.54, 1.807) is 24.3 Å². The second-order valence-corrected chi connectivity index (χ2v) is 6.29. The Labute approximate surface area is 125 Å². The first-order valence-corrected chi connectivity index (χ1v) is 7.18. The smallest absolute Gasteiger partial charge is 0.250 e. The number of carbonyl (C=O) groups is 2. The summed E-state index contributed by atoms with van der Waals surface area (Å²) < 4.78 is 5.40. The first-order valence-electron chi connectivity index (χ1n) is 7.18. The highest BCUT2D eigenvalue weighted by molar-refractivity contribution is 5.95. The summed E-state index contributed by atoms with van der Waals surface area (Å²) >= 11 is 0. The number of benzene rings is 1. The van der Waals surface area contributed by atoms with Crippen molar-refractivity contribution in [2.75, 3.05) is 17.2 Å². The van der Waals surface area contributed by atoms with Crippen molar-refractivity contribution in [3.05, 3.63) is 24.3 Å². The molecule has 1 saturated carbocycles. The maximum absolute atomic E-state index is 11.7. The topological polar surface area (TPSA) is 67.4 Å². The fraction of sp³-hybridized carbons (Fsp3) is 0.500. The van der Waals surface area contributed by atoms with Crippen molar-refractivity contribution in [3.63, 3.8) is 0 Å². The van der Waals surface area contributed by atoms with Gasteiger partial charge in [0.05, 0.1) is 5.60 Å². The normalized spacial score (nSPS) is 14.6. The maximum atomic E-state index is 11.7. The van der Waals surface area contributed by atoms with E-state index in [4.69, 9.17) is 4.74 Å². The van der Waals surface area contributed by atoms with Crippen LogP contribution in [0.25, 0.3) is 0 Å². The minimum atomic E-state index is -0.339. The Morgan fingerprint density at radius 1 is 1.10 bits per heavy atom. The minimum absolute atomic E-state index is 0.0175. The molecule has 114 valence electrons. The van der Waals surface area contributed by atoms with E-state index in [-0.39, 0.29) is 29.9 Å². The standard InChI is InChI=1S/C16H22N2O3/c1-16(2,3)21-10-14(19)17-12-6-8-13(9-7-12)18-15(20)11-4-5-11/h6-9,11H,4-5,10H2,1-3H3,(H,17,19)(H,18,20). The Morgan fingerprint density at radius 3 is 2.10 bits per heavy atom. The maximum Gasteiger partial charge on any atom is 0.250 e. The summed E-state index contributed by atoms with van der Waals surface area (Å²) in [4.78, 5) is 23.3. The van der Waals surface area contributed by atoms with E-state index in [1.165, 1.54) is 0 Å². The second kappa shape index (κ2) is 6.26. The fourth-order valence-electron chi connectivity index (χ4n) is 1.71. The summed E-state index contributed by atoms with van der Waals surface area (Å²) in [6.07, 6.45) is 1.96. The summed E-state index contributed by atoms with van der Waals surface area (Å²) in [5.41, 5.74) is 1.09. The molecule has 0 heterocycles. The van der Waals surface area contributed by atoms with Crippen molar-refractivity contribution >= 4 is 23.2 Å². The third-order valence-corrected chi connectivity index (χ3v) is 3.02. The molecule has 2 N–H and O–H groups in total. The average molecular weight is 290 g/mol. The molecule has 1 fully saturated rings. The van der Waals surface area contributed by atoms with Gasteiger partial charge in [0, 0.05) is 17.3 Å². The lowest BCUT2D eigenvalue weighted by molar-refractivity contribution is -0.125. The molecular formula is C16H22N2O3. The van der Waals surface area contributed by atoms with Crippen molar-refractivity contribution in [3.8, 4) is 0 Å². The van der Waals surface area contributed by atoms with Crippen LogP contribution < -0.4 is 10.6 Å². The molecule has 1 aliphatic carbocycles. The summed E-state index contributed by atoms with van der Waals surface area (Å²) in [6, 6.07) is 7.08. The number of anilines is 2. The molecule has 5 nitrogen and oxygen atoms in total. The van der Waals surface area contributed by atoms with Gasteiger partial charge in [0.25, 0.3) is 0 Å². The number of ether oxygens (including phenoxy) is 1. The Morgan fingerprint density at radius 2 is 1.62 bits per heavy atom. The molecule has 1 aromatic rings. The zero-order valence-corrected chi connectivity index (χ0v) is 12.7. The molecule has 5 heteroatoms. The van der Waals surface area contributed by atoms with Gasteiger partial charge in [-0.05, 0) is 57.9 Å². The van der Waals surface area contributed by atoms with Gasteiger partial charge in [-0.2, -0.15) is 0 Å². The SMILES string of the molecule is CC(C)(C)OCC(=O)Nc1ccc(NC(=O)C2CC2)cc1. The summed E-state index contributed by atoms with van der Waals surface area (Å²) in [6.45, 7) is 5.72. The van der Waals surface area contributed by atoms with Crippen LogP contribution in [-0.4, -0.2) is 24.0 Å². The van der Waals surface area contributed by atoms with Crippen molar-refractivity contribution in [1.29, 1.82) is 0 Å². The molecule has 21 heavy (non-hydrogen) atoms. The summed E-state index contributed by atoms with van der Waals surface area (Å²) in [7, 11) is 0. The highest BCUT2D eigenvalue weighted by Gasteiger charge is 2.29. The molecule has 0 bridgehead atoms. The highest BCUT2D eigenvalue weighted by Crippen LogP contribution is 2.30. The molecule has 0 spiro atoms. The number of amides is 2. The molecule has 0 radical (unpaired) electrons. The van der Waals surface area contributed by atoms with Crippen LogP contribution in [0.3, 0.4) is 0 Å². The lowest BCUT2D eigenvalue weighted by atomic mass is 10.2. The summed E-state index contributed by atoms with van der Waals surface area (Å²) in [5, 5.41) is 5.61. The van der Waals surface area contributed by atoms with Crippen LogP contribution in [0.1, 0.15) is 33.6 Å². The van der Waals surface area contributed by atoms with E-state index in [0.717, 1.165) is 18.5 Å². The van der Waals surface area contributed by atoms with Crippen molar-refractivity contribution in [2.24, 2.45) is 5.92 Å². The predicted octanol–water partition coefficient (Wildman–Crippen LogP) is 2.79. The molecule has 0 aliphatic heterocycles. The number of hydrogen-bond donors (Lipinski definition) is 2. The van der Waals surface area contributed by atoms with E-state index in [0.29, 0.717) is 5.69 Å². The van der Waals surface area contributed by atoms with Gasteiger partial charge >= 0.3 is 0 Å². The van der Waals surface area contributed by atoms with Crippen LogP contribution in [0.4, 0.5) is 11.4 Å².